The Labute approximate surface area is 111 Å². The molecule has 0 radical (unpaired) electrons. The molecule has 6 heteroatoms. The van der Waals surface area contributed by atoms with Crippen LogP contribution in [0.25, 0.3) is 0 Å². The molecule has 1 unspecified atom stereocenters. The molecule has 5 nitrogen and oxygen atoms in total. The van der Waals surface area contributed by atoms with E-state index in [9.17, 15) is 14.4 Å². The molecule has 0 aromatic heterocycles. The molecule has 1 atom stereocenters. The first-order chi connectivity index (χ1) is 8.49. The lowest BCUT2D eigenvalue weighted by Gasteiger charge is -2.29. The summed E-state index contributed by atoms with van der Waals surface area (Å²) in [6, 6.07) is 0. The van der Waals surface area contributed by atoms with E-state index in [0.29, 0.717) is 12.5 Å². The molecule has 1 saturated heterocycles. The third kappa shape index (κ3) is 2.68. The molecule has 2 aliphatic rings. The number of nitrogens with two attached hydrogens (primary N) is 1. The van der Waals surface area contributed by atoms with E-state index in [1.54, 1.807) is 0 Å². The largest absolute Gasteiger partial charge is 0.369 e. The second-order valence-corrected chi connectivity index (χ2v) is 5.81. The van der Waals surface area contributed by atoms with Gasteiger partial charge in [0.05, 0.1) is 5.25 Å². The molecule has 2 fully saturated rings. The van der Waals surface area contributed by atoms with Crippen LogP contribution in [-0.2, 0) is 14.4 Å². The van der Waals surface area contributed by atoms with Crippen molar-refractivity contribution in [2.24, 2.45) is 17.6 Å². The second-order valence-electron chi connectivity index (χ2n) is 5.18. The highest BCUT2D eigenvalue weighted by atomic mass is 32.1. The van der Waals surface area contributed by atoms with Crippen LogP contribution in [0, 0.1) is 11.8 Å². The van der Waals surface area contributed by atoms with Crippen LogP contribution in [0.2, 0.25) is 0 Å². The standard InChI is InChI=1S/C12H18N2O3S/c13-11(16)8-3-1-7(2-4-8)6-14-10(15)5-9(18)12(14)17/h7-9,18H,1-6H2,(H2,13,16). The summed E-state index contributed by atoms with van der Waals surface area (Å²) in [5.74, 6) is -0.287. The third-order valence-corrected chi connectivity index (χ3v) is 4.31. The fourth-order valence-corrected chi connectivity index (χ4v) is 3.04. The molecule has 18 heavy (non-hydrogen) atoms. The maximum Gasteiger partial charge on any atom is 0.242 e. The topological polar surface area (TPSA) is 80.5 Å². The molecule has 0 spiro atoms. The minimum absolute atomic E-state index is 0.0381. The van der Waals surface area contributed by atoms with Gasteiger partial charge >= 0.3 is 0 Å². The van der Waals surface area contributed by atoms with Gasteiger partial charge in [0.15, 0.2) is 0 Å². The summed E-state index contributed by atoms with van der Waals surface area (Å²) in [5.41, 5.74) is 5.27. The number of amides is 3. The molecule has 0 aromatic rings. The van der Waals surface area contributed by atoms with E-state index in [4.69, 9.17) is 5.73 Å². The van der Waals surface area contributed by atoms with Crippen LogP contribution in [0.1, 0.15) is 32.1 Å². The minimum Gasteiger partial charge on any atom is -0.369 e. The van der Waals surface area contributed by atoms with Crippen LogP contribution in [0.3, 0.4) is 0 Å². The molecule has 1 aliphatic carbocycles. The summed E-state index contributed by atoms with van der Waals surface area (Å²) in [6.07, 6.45) is 3.43. The normalized spacial score (nSPS) is 32.9. The molecule has 0 aromatic carbocycles. The van der Waals surface area contributed by atoms with Crippen molar-refractivity contribution in [3.8, 4) is 0 Å². The number of primary amides is 1. The number of hydrogen-bond acceptors (Lipinski definition) is 4. The highest BCUT2D eigenvalue weighted by molar-refractivity contribution is 7.81. The Morgan fingerprint density at radius 2 is 1.89 bits per heavy atom. The van der Waals surface area contributed by atoms with E-state index in [1.165, 1.54) is 4.90 Å². The van der Waals surface area contributed by atoms with E-state index in [-0.39, 0.29) is 30.1 Å². The lowest BCUT2D eigenvalue weighted by Crippen LogP contribution is -2.37. The van der Waals surface area contributed by atoms with Gasteiger partial charge in [-0.15, -0.1) is 0 Å². The Morgan fingerprint density at radius 3 is 2.33 bits per heavy atom. The van der Waals surface area contributed by atoms with E-state index < -0.39 is 5.25 Å². The predicted molar refractivity (Wildman–Crippen MR) is 68.8 cm³/mol. The molecule has 1 saturated carbocycles. The average molecular weight is 270 g/mol. The van der Waals surface area contributed by atoms with Crippen LogP contribution >= 0.6 is 12.6 Å². The van der Waals surface area contributed by atoms with Gasteiger partial charge in [-0.25, -0.2) is 0 Å². The molecule has 2 N–H and O–H groups in total. The molecule has 2 rings (SSSR count). The number of carbonyl (C=O) groups is 3. The summed E-state index contributed by atoms with van der Waals surface area (Å²) < 4.78 is 0. The zero-order valence-corrected chi connectivity index (χ0v) is 11.1. The first-order valence-corrected chi connectivity index (χ1v) is 6.82. The molecule has 100 valence electrons. The summed E-state index contributed by atoms with van der Waals surface area (Å²) in [4.78, 5) is 35.7. The van der Waals surface area contributed by atoms with Gasteiger partial charge in [-0.2, -0.15) is 12.6 Å². The SMILES string of the molecule is NC(=O)C1CCC(CN2C(=O)CC(S)C2=O)CC1. The monoisotopic (exact) mass is 270 g/mol. The average Bonchev–Trinajstić information content (AvgIpc) is 2.57. The molecular formula is C12H18N2O3S. The predicted octanol–water partition coefficient (Wildman–Crippen LogP) is 0.335. The number of thiol groups is 1. The van der Waals surface area contributed by atoms with Gasteiger partial charge < -0.3 is 5.73 Å². The van der Waals surface area contributed by atoms with Crippen molar-refractivity contribution in [1.82, 2.24) is 4.90 Å². The number of rotatable bonds is 3. The van der Waals surface area contributed by atoms with Crippen molar-refractivity contribution in [3.63, 3.8) is 0 Å². The fourth-order valence-electron chi connectivity index (χ4n) is 2.75. The van der Waals surface area contributed by atoms with Gasteiger partial charge in [-0.05, 0) is 31.6 Å². The molecule has 1 aliphatic heterocycles. The van der Waals surface area contributed by atoms with Gasteiger partial charge in [0.25, 0.3) is 0 Å². The van der Waals surface area contributed by atoms with E-state index in [0.717, 1.165) is 25.7 Å². The molecule has 3 amide bonds. The van der Waals surface area contributed by atoms with Crippen molar-refractivity contribution < 1.29 is 14.4 Å². The summed E-state index contributed by atoms with van der Waals surface area (Å²) in [6.45, 7) is 0.472. The van der Waals surface area contributed by atoms with Gasteiger partial charge in [0.2, 0.25) is 17.7 Å². The smallest absolute Gasteiger partial charge is 0.242 e. The first-order valence-electron chi connectivity index (χ1n) is 6.30. The van der Waals surface area contributed by atoms with Crippen LogP contribution in [0.4, 0.5) is 0 Å². The number of hydrogen-bond donors (Lipinski definition) is 2. The zero-order chi connectivity index (χ0) is 13.3. The quantitative estimate of drug-likeness (QED) is 0.573. The van der Waals surface area contributed by atoms with Crippen molar-refractivity contribution in [2.45, 2.75) is 37.4 Å². The minimum atomic E-state index is -0.473. The first kappa shape index (κ1) is 13.4. The Bertz CT molecular complexity index is 378. The van der Waals surface area contributed by atoms with Gasteiger partial charge in [0.1, 0.15) is 0 Å². The Balaban J connectivity index is 1.87. The summed E-state index contributed by atoms with van der Waals surface area (Å²) in [5, 5.41) is -0.473. The van der Waals surface area contributed by atoms with E-state index in [1.807, 2.05) is 0 Å². The van der Waals surface area contributed by atoms with Crippen molar-refractivity contribution in [2.75, 3.05) is 6.54 Å². The zero-order valence-electron chi connectivity index (χ0n) is 10.2. The summed E-state index contributed by atoms with van der Waals surface area (Å²) >= 11 is 4.09. The Kier molecular flexibility index (Phi) is 3.94. The van der Waals surface area contributed by atoms with Gasteiger partial charge in [0, 0.05) is 18.9 Å². The van der Waals surface area contributed by atoms with Crippen LogP contribution in [0.15, 0.2) is 0 Å². The van der Waals surface area contributed by atoms with Crippen molar-refractivity contribution in [3.05, 3.63) is 0 Å². The van der Waals surface area contributed by atoms with Crippen LogP contribution in [-0.4, -0.2) is 34.4 Å². The molecule has 0 bridgehead atoms. The number of nitrogens with zero attached hydrogens (tertiary/aromatic N) is 1. The van der Waals surface area contributed by atoms with Gasteiger partial charge in [-0.3, -0.25) is 19.3 Å². The summed E-state index contributed by atoms with van der Waals surface area (Å²) in [7, 11) is 0. The maximum absolute atomic E-state index is 11.7. The lowest BCUT2D eigenvalue weighted by molar-refractivity contribution is -0.139. The number of likely N-dealkylation sites (tertiary alicyclic amines) is 1. The van der Waals surface area contributed by atoms with Crippen LogP contribution < -0.4 is 5.73 Å². The Morgan fingerprint density at radius 1 is 1.28 bits per heavy atom. The fraction of sp³-hybridized carbons (Fsp3) is 0.750. The van der Waals surface area contributed by atoms with E-state index in [2.05, 4.69) is 12.6 Å². The third-order valence-electron chi connectivity index (χ3n) is 3.91. The lowest BCUT2D eigenvalue weighted by atomic mass is 9.81. The second kappa shape index (κ2) is 5.30. The highest BCUT2D eigenvalue weighted by Crippen LogP contribution is 2.30. The maximum atomic E-state index is 11.7. The van der Waals surface area contributed by atoms with Crippen LogP contribution in [0.5, 0.6) is 0 Å². The van der Waals surface area contributed by atoms with Crippen molar-refractivity contribution >= 4 is 30.4 Å². The number of carbonyl (C=O) groups excluding carboxylic acids is 3. The highest BCUT2D eigenvalue weighted by Gasteiger charge is 2.38. The molecular weight excluding hydrogens is 252 g/mol. The van der Waals surface area contributed by atoms with Gasteiger partial charge in [-0.1, -0.05) is 0 Å². The number of imide groups is 1. The van der Waals surface area contributed by atoms with Crippen molar-refractivity contribution in [1.29, 1.82) is 0 Å². The van der Waals surface area contributed by atoms with E-state index >= 15 is 0 Å². The Hall–Kier alpha value is -1.04. The molecule has 1 heterocycles.